The lowest BCUT2D eigenvalue weighted by Crippen LogP contribution is -2.05. The lowest BCUT2D eigenvalue weighted by atomic mass is 10.1. The summed E-state index contributed by atoms with van der Waals surface area (Å²) in [6.07, 6.45) is 1.68. The third kappa shape index (κ3) is 3.06. The van der Waals surface area contributed by atoms with Gasteiger partial charge in [-0.2, -0.15) is 0 Å². The molecule has 2 aromatic carbocycles. The van der Waals surface area contributed by atoms with Crippen LogP contribution in [0.3, 0.4) is 0 Å². The van der Waals surface area contributed by atoms with Crippen LogP contribution in [0.15, 0.2) is 53.2 Å². The molecule has 0 N–H and O–H groups in total. The van der Waals surface area contributed by atoms with Gasteiger partial charge < -0.3 is 4.74 Å². The van der Waals surface area contributed by atoms with Gasteiger partial charge in [-0.1, -0.05) is 53.0 Å². The molecule has 1 heterocycles. The third-order valence-corrected chi connectivity index (χ3v) is 3.71. The van der Waals surface area contributed by atoms with Crippen molar-refractivity contribution in [2.24, 2.45) is 4.99 Å². The number of carbonyl (C=O) groups excluding carboxylic acids is 1. The molecule has 22 heavy (non-hydrogen) atoms. The first-order chi connectivity index (χ1) is 10.5. The molecular formula is C17H11Cl2NO2. The fraction of sp³-hybridized carbons (Fsp3) is 0.0588. The number of ether oxygens (including phenoxy) is 1. The summed E-state index contributed by atoms with van der Waals surface area (Å²) >= 11 is 12.0. The number of carbonyl (C=O) groups is 1. The predicted molar refractivity (Wildman–Crippen MR) is 88.2 cm³/mol. The second-order valence-corrected chi connectivity index (χ2v) is 5.71. The van der Waals surface area contributed by atoms with E-state index in [4.69, 9.17) is 27.9 Å². The number of aryl methyl sites for hydroxylation is 1. The van der Waals surface area contributed by atoms with Gasteiger partial charge in [-0.05, 0) is 36.8 Å². The van der Waals surface area contributed by atoms with Crippen LogP contribution in [0.25, 0.3) is 6.08 Å². The molecule has 0 saturated heterocycles. The van der Waals surface area contributed by atoms with Crippen molar-refractivity contribution in [3.8, 4) is 0 Å². The van der Waals surface area contributed by atoms with Gasteiger partial charge in [0.2, 0.25) is 5.90 Å². The average molecular weight is 332 g/mol. The van der Waals surface area contributed by atoms with Crippen molar-refractivity contribution < 1.29 is 9.53 Å². The van der Waals surface area contributed by atoms with E-state index >= 15 is 0 Å². The van der Waals surface area contributed by atoms with Crippen molar-refractivity contribution in [1.82, 2.24) is 0 Å². The molecule has 0 radical (unpaired) electrons. The quantitative estimate of drug-likeness (QED) is 0.593. The van der Waals surface area contributed by atoms with Gasteiger partial charge in [-0.3, -0.25) is 0 Å². The van der Waals surface area contributed by atoms with E-state index in [0.717, 1.165) is 11.1 Å². The first-order valence-corrected chi connectivity index (χ1v) is 7.33. The summed E-state index contributed by atoms with van der Waals surface area (Å²) in [7, 11) is 0. The van der Waals surface area contributed by atoms with E-state index in [2.05, 4.69) is 4.99 Å². The number of esters is 1. The Bertz CT molecular complexity index is 808. The highest BCUT2D eigenvalue weighted by atomic mass is 35.5. The van der Waals surface area contributed by atoms with E-state index in [1.165, 1.54) is 0 Å². The standard InChI is InChI=1S/C17H11Cl2NO2/c1-10-2-4-11(5-3-10)8-15-17(21)22-16(20-15)13-7-6-12(18)9-14(13)19/h2-9H,1H3. The highest BCUT2D eigenvalue weighted by Gasteiger charge is 2.25. The lowest BCUT2D eigenvalue weighted by molar-refractivity contribution is -0.129. The Morgan fingerprint density at radius 3 is 2.50 bits per heavy atom. The molecule has 0 fully saturated rings. The SMILES string of the molecule is Cc1ccc(C=C2N=C(c3ccc(Cl)cc3Cl)OC2=O)cc1. The summed E-state index contributed by atoms with van der Waals surface area (Å²) in [4.78, 5) is 16.2. The second-order valence-electron chi connectivity index (χ2n) is 4.87. The van der Waals surface area contributed by atoms with Crippen LogP contribution in [-0.4, -0.2) is 11.9 Å². The van der Waals surface area contributed by atoms with Gasteiger partial charge in [0.05, 0.1) is 10.6 Å². The molecule has 0 aromatic heterocycles. The first kappa shape index (κ1) is 14.8. The summed E-state index contributed by atoms with van der Waals surface area (Å²) in [5, 5.41) is 0.893. The van der Waals surface area contributed by atoms with Crippen LogP contribution in [0.1, 0.15) is 16.7 Å². The van der Waals surface area contributed by atoms with Crippen LogP contribution in [0.5, 0.6) is 0 Å². The number of cyclic esters (lactones) is 1. The summed E-state index contributed by atoms with van der Waals surface area (Å²) < 4.78 is 5.19. The zero-order chi connectivity index (χ0) is 15.7. The molecule has 3 rings (SSSR count). The van der Waals surface area contributed by atoms with Crippen LogP contribution in [0.2, 0.25) is 10.0 Å². The van der Waals surface area contributed by atoms with E-state index in [1.807, 2.05) is 31.2 Å². The maximum atomic E-state index is 11.9. The third-order valence-electron chi connectivity index (χ3n) is 3.16. The fourth-order valence-electron chi connectivity index (χ4n) is 2.01. The van der Waals surface area contributed by atoms with Crippen molar-refractivity contribution in [1.29, 1.82) is 0 Å². The molecule has 2 aromatic rings. The molecule has 1 aliphatic rings. The smallest absolute Gasteiger partial charge is 0.363 e. The summed E-state index contributed by atoms with van der Waals surface area (Å²) in [6, 6.07) is 12.7. The van der Waals surface area contributed by atoms with Crippen LogP contribution in [0, 0.1) is 6.92 Å². The first-order valence-electron chi connectivity index (χ1n) is 6.57. The Labute approximate surface area is 137 Å². The molecule has 0 amide bonds. The molecule has 110 valence electrons. The van der Waals surface area contributed by atoms with E-state index in [0.29, 0.717) is 15.6 Å². The van der Waals surface area contributed by atoms with Gasteiger partial charge in [-0.15, -0.1) is 0 Å². The van der Waals surface area contributed by atoms with E-state index in [-0.39, 0.29) is 11.6 Å². The Morgan fingerprint density at radius 2 is 1.82 bits per heavy atom. The number of benzene rings is 2. The number of halogens is 2. The van der Waals surface area contributed by atoms with E-state index < -0.39 is 5.97 Å². The molecule has 0 aliphatic carbocycles. The summed E-state index contributed by atoms with van der Waals surface area (Å²) in [5.74, 6) is -0.313. The lowest BCUT2D eigenvalue weighted by Gasteiger charge is -2.02. The second kappa shape index (κ2) is 5.95. The maximum absolute atomic E-state index is 11.9. The molecule has 0 atom stereocenters. The minimum atomic E-state index is -0.499. The minimum Gasteiger partial charge on any atom is -0.402 e. The largest absolute Gasteiger partial charge is 0.402 e. The zero-order valence-corrected chi connectivity index (χ0v) is 13.2. The predicted octanol–water partition coefficient (Wildman–Crippen LogP) is 4.65. The van der Waals surface area contributed by atoms with E-state index in [1.54, 1.807) is 24.3 Å². The van der Waals surface area contributed by atoms with Crippen LogP contribution in [0.4, 0.5) is 0 Å². The molecule has 1 aliphatic heterocycles. The highest BCUT2D eigenvalue weighted by Crippen LogP contribution is 2.26. The van der Waals surface area contributed by atoms with Crippen LogP contribution < -0.4 is 0 Å². The number of aliphatic imine (C=N–C) groups is 1. The van der Waals surface area contributed by atoms with Gasteiger partial charge in [0.15, 0.2) is 5.70 Å². The number of nitrogens with zero attached hydrogens (tertiary/aromatic N) is 1. The van der Waals surface area contributed by atoms with Gasteiger partial charge in [0.1, 0.15) is 0 Å². The van der Waals surface area contributed by atoms with Crippen molar-refractivity contribution in [3.63, 3.8) is 0 Å². The molecule has 5 heteroatoms. The topological polar surface area (TPSA) is 38.7 Å². The Balaban J connectivity index is 1.96. The minimum absolute atomic E-state index is 0.185. The van der Waals surface area contributed by atoms with Gasteiger partial charge in [-0.25, -0.2) is 9.79 Å². The van der Waals surface area contributed by atoms with Crippen molar-refractivity contribution in [2.45, 2.75) is 6.92 Å². The van der Waals surface area contributed by atoms with Crippen molar-refractivity contribution in [2.75, 3.05) is 0 Å². The average Bonchev–Trinajstić information content (AvgIpc) is 2.82. The normalized spacial score (nSPS) is 15.9. The summed E-state index contributed by atoms with van der Waals surface area (Å²) in [5.41, 5.74) is 2.80. The summed E-state index contributed by atoms with van der Waals surface area (Å²) in [6.45, 7) is 2.00. The molecule has 0 spiro atoms. The molecule has 0 bridgehead atoms. The Kier molecular flexibility index (Phi) is 4.01. The zero-order valence-electron chi connectivity index (χ0n) is 11.6. The molecule has 0 saturated carbocycles. The van der Waals surface area contributed by atoms with Crippen molar-refractivity contribution in [3.05, 3.63) is 74.9 Å². The van der Waals surface area contributed by atoms with Crippen molar-refractivity contribution >= 4 is 41.1 Å². The Morgan fingerprint density at radius 1 is 1.09 bits per heavy atom. The van der Waals surface area contributed by atoms with Gasteiger partial charge >= 0.3 is 5.97 Å². The number of hydrogen-bond acceptors (Lipinski definition) is 3. The van der Waals surface area contributed by atoms with Crippen LogP contribution >= 0.6 is 23.2 Å². The molecule has 3 nitrogen and oxygen atoms in total. The monoisotopic (exact) mass is 331 g/mol. The number of hydrogen-bond donors (Lipinski definition) is 0. The van der Waals surface area contributed by atoms with E-state index in [9.17, 15) is 4.79 Å². The highest BCUT2D eigenvalue weighted by molar-refractivity contribution is 6.37. The number of rotatable bonds is 2. The maximum Gasteiger partial charge on any atom is 0.363 e. The Hall–Kier alpha value is -2.10. The molecular weight excluding hydrogens is 321 g/mol. The van der Waals surface area contributed by atoms with Gasteiger partial charge in [0, 0.05) is 5.02 Å². The fourth-order valence-corrected chi connectivity index (χ4v) is 2.50. The van der Waals surface area contributed by atoms with Gasteiger partial charge in [0.25, 0.3) is 0 Å². The molecule has 0 unspecified atom stereocenters. The van der Waals surface area contributed by atoms with Crippen LogP contribution in [-0.2, 0) is 9.53 Å².